The number of ether oxygens (including phenoxy) is 1. The molecule has 0 spiro atoms. The van der Waals surface area contributed by atoms with E-state index in [0.717, 1.165) is 29.1 Å². The maximum Gasteiger partial charge on any atom is 0.127 e. The third kappa shape index (κ3) is 3.01. The molecule has 1 heterocycles. The van der Waals surface area contributed by atoms with Gasteiger partial charge in [0.15, 0.2) is 0 Å². The predicted molar refractivity (Wildman–Crippen MR) is 102 cm³/mol. The highest BCUT2D eigenvalue weighted by atomic mass is 16.5. The van der Waals surface area contributed by atoms with E-state index in [1.165, 1.54) is 5.56 Å². The number of anilines is 1. The first kappa shape index (κ1) is 15.5. The smallest absolute Gasteiger partial charge is 0.127 e. The quantitative estimate of drug-likeness (QED) is 0.669. The van der Waals surface area contributed by atoms with Gasteiger partial charge >= 0.3 is 0 Å². The van der Waals surface area contributed by atoms with E-state index >= 15 is 0 Å². The number of methoxy groups -OCH3 is 1. The molecule has 0 saturated carbocycles. The van der Waals surface area contributed by atoms with Crippen molar-refractivity contribution in [2.24, 2.45) is 5.10 Å². The van der Waals surface area contributed by atoms with Crippen molar-refractivity contribution in [3.63, 3.8) is 0 Å². The SMILES string of the molecule is COc1ccccc1C1=NN(c2ccccc2)[C@@H](c2ccccc2)C1. The predicted octanol–water partition coefficient (Wildman–Crippen LogP) is 5.05. The number of hydrazone groups is 1. The Labute approximate surface area is 148 Å². The minimum Gasteiger partial charge on any atom is -0.496 e. The average molecular weight is 328 g/mol. The number of nitrogens with zero attached hydrogens (tertiary/aromatic N) is 2. The molecule has 4 rings (SSSR count). The van der Waals surface area contributed by atoms with Crippen LogP contribution < -0.4 is 9.75 Å². The van der Waals surface area contributed by atoms with Crippen molar-refractivity contribution in [1.29, 1.82) is 0 Å². The summed E-state index contributed by atoms with van der Waals surface area (Å²) in [6, 6.07) is 29.1. The topological polar surface area (TPSA) is 24.8 Å². The highest BCUT2D eigenvalue weighted by molar-refractivity contribution is 6.05. The second kappa shape index (κ2) is 6.81. The molecule has 0 amide bonds. The first-order valence-corrected chi connectivity index (χ1v) is 8.47. The highest BCUT2D eigenvalue weighted by Crippen LogP contribution is 2.37. The van der Waals surface area contributed by atoms with Crippen molar-refractivity contribution >= 4 is 11.4 Å². The monoisotopic (exact) mass is 328 g/mol. The summed E-state index contributed by atoms with van der Waals surface area (Å²) in [7, 11) is 1.71. The molecule has 0 radical (unpaired) electrons. The van der Waals surface area contributed by atoms with Gasteiger partial charge in [-0.2, -0.15) is 5.10 Å². The minimum absolute atomic E-state index is 0.184. The van der Waals surface area contributed by atoms with E-state index in [1.54, 1.807) is 7.11 Å². The van der Waals surface area contributed by atoms with Crippen LogP contribution in [0.2, 0.25) is 0 Å². The zero-order chi connectivity index (χ0) is 17.1. The molecule has 124 valence electrons. The summed E-state index contributed by atoms with van der Waals surface area (Å²) in [6.07, 6.45) is 0.847. The van der Waals surface area contributed by atoms with Gasteiger partial charge in [0.25, 0.3) is 0 Å². The third-order valence-corrected chi connectivity index (χ3v) is 4.53. The van der Waals surface area contributed by atoms with Crippen LogP contribution in [-0.2, 0) is 0 Å². The van der Waals surface area contributed by atoms with Crippen LogP contribution >= 0.6 is 0 Å². The second-order valence-corrected chi connectivity index (χ2v) is 6.06. The Morgan fingerprint density at radius 3 is 2.20 bits per heavy atom. The molecular weight excluding hydrogens is 308 g/mol. The third-order valence-electron chi connectivity index (χ3n) is 4.53. The van der Waals surface area contributed by atoms with E-state index in [9.17, 15) is 0 Å². The van der Waals surface area contributed by atoms with Crippen LogP contribution in [0.1, 0.15) is 23.6 Å². The van der Waals surface area contributed by atoms with E-state index in [4.69, 9.17) is 9.84 Å². The lowest BCUT2D eigenvalue weighted by molar-refractivity contribution is 0.414. The van der Waals surface area contributed by atoms with Crippen LogP contribution in [0.25, 0.3) is 0 Å². The molecule has 0 N–H and O–H groups in total. The van der Waals surface area contributed by atoms with Gasteiger partial charge in [-0.3, -0.25) is 5.01 Å². The van der Waals surface area contributed by atoms with Gasteiger partial charge in [0.2, 0.25) is 0 Å². The molecule has 0 fully saturated rings. The molecule has 3 aromatic rings. The fourth-order valence-corrected chi connectivity index (χ4v) is 3.31. The normalized spacial score (nSPS) is 16.6. The van der Waals surface area contributed by atoms with Gasteiger partial charge in [0.05, 0.1) is 24.6 Å². The van der Waals surface area contributed by atoms with E-state index < -0.39 is 0 Å². The largest absolute Gasteiger partial charge is 0.496 e. The van der Waals surface area contributed by atoms with Gasteiger partial charge in [-0.1, -0.05) is 60.7 Å². The van der Waals surface area contributed by atoms with Gasteiger partial charge in [-0.25, -0.2) is 0 Å². The first-order chi connectivity index (χ1) is 12.4. The lowest BCUT2D eigenvalue weighted by Crippen LogP contribution is -2.18. The number of rotatable bonds is 4. The number of benzene rings is 3. The summed E-state index contributed by atoms with van der Waals surface area (Å²) in [6.45, 7) is 0. The van der Waals surface area contributed by atoms with Gasteiger partial charge < -0.3 is 4.74 Å². The zero-order valence-electron chi connectivity index (χ0n) is 14.2. The lowest BCUT2D eigenvalue weighted by atomic mass is 9.98. The Hall–Kier alpha value is -3.07. The van der Waals surface area contributed by atoms with Crippen LogP contribution in [0.3, 0.4) is 0 Å². The summed E-state index contributed by atoms with van der Waals surface area (Å²) in [5.41, 5.74) is 4.47. The Bertz CT molecular complexity index is 875. The lowest BCUT2D eigenvalue weighted by Gasteiger charge is -2.23. The zero-order valence-corrected chi connectivity index (χ0v) is 14.2. The van der Waals surface area contributed by atoms with E-state index in [2.05, 4.69) is 47.5 Å². The standard InChI is InChI=1S/C22H20N2O/c1-25-22-15-9-8-14-19(22)20-16-21(17-10-4-2-5-11-17)24(23-20)18-12-6-3-7-13-18/h2-15,21H,16H2,1H3/t21-/m1/s1. The molecule has 3 heteroatoms. The molecule has 1 aliphatic rings. The van der Waals surface area contributed by atoms with Crippen molar-refractivity contribution < 1.29 is 4.74 Å². The highest BCUT2D eigenvalue weighted by Gasteiger charge is 2.30. The summed E-state index contributed by atoms with van der Waals surface area (Å²) >= 11 is 0. The molecule has 0 aliphatic carbocycles. The summed E-state index contributed by atoms with van der Waals surface area (Å²) in [5.74, 6) is 0.864. The molecule has 0 unspecified atom stereocenters. The van der Waals surface area contributed by atoms with Crippen LogP contribution in [0.15, 0.2) is 90.0 Å². The van der Waals surface area contributed by atoms with Crippen LogP contribution in [0, 0.1) is 0 Å². The molecule has 0 saturated heterocycles. The number of hydrogen-bond acceptors (Lipinski definition) is 3. The molecule has 0 aromatic heterocycles. The van der Waals surface area contributed by atoms with Gasteiger partial charge in [0, 0.05) is 12.0 Å². The van der Waals surface area contributed by atoms with Crippen molar-refractivity contribution in [2.45, 2.75) is 12.5 Å². The fraction of sp³-hybridized carbons (Fsp3) is 0.136. The summed E-state index contributed by atoms with van der Waals surface area (Å²) in [4.78, 5) is 0. The Morgan fingerprint density at radius 1 is 0.840 bits per heavy atom. The second-order valence-electron chi connectivity index (χ2n) is 6.06. The maximum absolute atomic E-state index is 5.54. The summed E-state index contributed by atoms with van der Waals surface area (Å²) < 4.78 is 5.54. The average Bonchev–Trinajstić information content (AvgIpc) is 3.14. The van der Waals surface area contributed by atoms with Crippen molar-refractivity contribution in [3.8, 4) is 5.75 Å². The molecule has 1 atom stereocenters. The van der Waals surface area contributed by atoms with E-state index in [1.807, 2.05) is 42.5 Å². The van der Waals surface area contributed by atoms with E-state index in [-0.39, 0.29) is 6.04 Å². The fourth-order valence-electron chi connectivity index (χ4n) is 3.31. The minimum atomic E-state index is 0.184. The van der Waals surface area contributed by atoms with Crippen molar-refractivity contribution in [3.05, 3.63) is 96.1 Å². The van der Waals surface area contributed by atoms with E-state index in [0.29, 0.717) is 0 Å². The molecule has 3 aromatic carbocycles. The van der Waals surface area contributed by atoms with Gasteiger partial charge in [-0.15, -0.1) is 0 Å². The molecular formula is C22H20N2O. The van der Waals surface area contributed by atoms with Crippen LogP contribution in [-0.4, -0.2) is 12.8 Å². The van der Waals surface area contributed by atoms with Gasteiger partial charge in [-0.05, 0) is 29.8 Å². The Kier molecular flexibility index (Phi) is 4.21. The van der Waals surface area contributed by atoms with Crippen LogP contribution in [0.4, 0.5) is 5.69 Å². The number of hydrogen-bond donors (Lipinski definition) is 0. The Balaban J connectivity index is 1.77. The van der Waals surface area contributed by atoms with Crippen LogP contribution in [0.5, 0.6) is 5.75 Å². The summed E-state index contributed by atoms with van der Waals surface area (Å²) in [5, 5.41) is 7.09. The van der Waals surface area contributed by atoms with Crippen molar-refractivity contribution in [1.82, 2.24) is 0 Å². The number of para-hydroxylation sites is 2. The van der Waals surface area contributed by atoms with Crippen molar-refractivity contribution in [2.75, 3.05) is 12.1 Å². The first-order valence-electron chi connectivity index (χ1n) is 8.47. The molecule has 0 bridgehead atoms. The molecule has 1 aliphatic heterocycles. The maximum atomic E-state index is 5.54. The Morgan fingerprint density at radius 2 is 1.48 bits per heavy atom. The van der Waals surface area contributed by atoms with Gasteiger partial charge in [0.1, 0.15) is 5.75 Å². The molecule has 3 nitrogen and oxygen atoms in total. The molecule has 25 heavy (non-hydrogen) atoms.